The number of benzene rings is 1. The summed E-state index contributed by atoms with van der Waals surface area (Å²) in [5, 5.41) is 6.14. The summed E-state index contributed by atoms with van der Waals surface area (Å²) in [6.45, 7) is 3.71. The Hall–Kier alpha value is -1.67. The van der Waals surface area contributed by atoms with Gasteiger partial charge in [-0.1, -0.05) is 18.2 Å². The lowest BCUT2D eigenvalue weighted by Gasteiger charge is -2.11. The van der Waals surface area contributed by atoms with Gasteiger partial charge in [-0.2, -0.15) is 0 Å². The van der Waals surface area contributed by atoms with Gasteiger partial charge in [-0.25, -0.2) is 17.5 Å². The van der Waals surface area contributed by atoms with E-state index >= 15 is 0 Å². The minimum absolute atomic E-state index is 0.219. The van der Waals surface area contributed by atoms with Crippen molar-refractivity contribution in [3.63, 3.8) is 0 Å². The third-order valence-electron chi connectivity index (χ3n) is 2.73. The molecule has 0 radical (unpaired) electrons. The molecule has 0 amide bonds. The van der Waals surface area contributed by atoms with E-state index in [0.29, 0.717) is 37.6 Å². The molecular weight excluding hydrogens is 307 g/mol. The molecule has 0 saturated carbocycles. The Morgan fingerprint density at radius 2 is 1.95 bits per heavy atom. The smallest absolute Gasteiger partial charge is 0.208 e. The van der Waals surface area contributed by atoms with Crippen LogP contribution in [-0.4, -0.2) is 46.8 Å². The zero-order valence-electron chi connectivity index (χ0n) is 12.9. The maximum atomic E-state index is 13.5. The molecule has 0 aliphatic carbocycles. The summed E-state index contributed by atoms with van der Waals surface area (Å²) in [5.74, 6) is 0.359. The van der Waals surface area contributed by atoms with E-state index < -0.39 is 10.0 Å². The van der Waals surface area contributed by atoms with Crippen LogP contribution < -0.4 is 15.4 Å². The number of rotatable bonds is 8. The molecule has 0 aliphatic rings. The van der Waals surface area contributed by atoms with Crippen LogP contribution in [0.5, 0.6) is 0 Å². The van der Waals surface area contributed by atoms with Crippen molar-refractivity contribution < 1.29 is 12.8 Å². The maximum absolute atomic E-state index is 13.5. The van der Waals surface area contributed by atoms with E-state index in [1.54, 1.807) is 18.2 Å². The maximum Gasteiger partial charge on any atom is 0.208 e. The average molecular weight is 330 g/mol. The molecule has 0 saturated heterocycles. The van der Waals surface area contributed by atoms with Gasteiger partial charge in [0.2, 0.25) is 10.0 Å². The number of hydrogen-bond donors (Lipinski definition) is 3. The fourth-order valence-corrected chi connectivity index (χ4v) is 2.22. The first-order valence-electron chi connectivity index (χ1n) is 7.12. The van der Waals surface area contributed by atoms with Gasteiger partial charge in [0.1, 0.15) is 5.82 Å². The van der Waals surface area contributed by atoms with Crippen molar-refractivity contribution in [3.8, 4) is 0 Å². The lowest BCUT2D eigenvalue weighted by molar-refractivity contribution is 0.588. The zero-order chi connectivity index (χ0) is 16.4. The molecule has 22 heavy (non-hydrogen) atoms. The van der Waals surface area contributed by atoms with Crippen LogP contribution in [0.15, 0.2) is 29.3 Å². The number of halogens is 1. The molecule has 6 nitrogen and oxygen atoms in total. The number of guanidine groups is 1. The Morgan fingerprint density at radius 1 is 1.23 bits per heavy atom. The second kappa shape index (κ2) is 9.37. The van der Waals surface area contributed by atoms with Crippen molar-refractivity contribution >= 4 is 16.0 Å². The highest BCUT2D eigenvalue weighted by molar-refractivity contribution is 7.88. The van der Waals surface area contributed by atoms with Crippen molar-refractivity contribution in [1.82, 2.24) is 15.4 Å². The van der Waals surface area contributed by atoms with Gasteiger partial charge in [-0.15, -0.1) is 0 Å². The van der Waals surface area contributed by atoms with Gasteiger partial charge in [0.05, 0.1) is 12.8 Å². The van der Waals surface area contributed by atoms with E-state index in [2.05, 4.69) is 20.3 Å². The van der Waals surface area contributed by atoms with Crippen molar-refractivity contribution in [2.45, 2.75) is 13.3 Å². The largest absolute Gasteiger partial charge is 0.357 e. The molecular formula is C14H23FN4O2S. The Balaban J connectivity index is 2.41. The molecule has 0 heterocycles. The van der Waals surface area contributed by atoms with Crippen LogP contribution >= 0.6 is 0 Å². The van der Waals surface area contributed by atoms with E-state index in [4.69, 9.17) is 0 Å². The second-order valence-corrected chi connectivity index (χ2v) is 6.53. The third-order valence-corrected chi connectivity index (χ3v) is 3.46. The third kappa shape index (κ3) is 7.94. The van der Waals surface area contributed by atoms with Gasteiger partial charge < -0.3 is 10.6 Å². The highest BCUT2D eigenvalue weighted by Gasteiger charge is 2.02. The predicted molar refractivity (Wildman–Crippen MR) is 86.9 cm³/mol. The van der Waals surface area contributed by atoms with Crippen LogP contribution in [0.1, 0.15) is 12.5 Å². The first-order valence-corrected chi connectivity index (χ1v) is 9.01. The van der Waals surface area contributed by atoms with Crippen molar-refractivity contribution in [2.75, 3.05) is 32.4 Å². The SMILES string of the molecule is CCNC(=NCCNS(C)(=O)=O)NCCc1ccccc1F. The van der Waals surface area contributed by atoms with Crippen LogP contribution in [0, 0.1) is 5.82 Å². The minimum Gasteiger partial charge on any atom is -0.357 e. The molecule has 1 aromatic rings. The van der Waals surface area contributed by atoms with Gasteiger partial charge in [0.25, 0.3) is 0 Å². The summed E-state index contributed by atoms with van der Waals surface area (Å²) < 4.78 is 37.7. The summed E-state index contributed by atoms with van der Waals surface area (Å²) in [6, 6.07) is 6.64. The van der Waals surface area contributed by atoms with Crippen LogP contribution in [0.4, 0.5) is 4.39 Å². The number of aliphatic imine (C=N–C) groups is 1. The minimum atomic E-state index is -3.19. The molecule has 1 rings (SSSR count). The lowest BCUT2D eigenvalue weighted by atomic mass is 10.1. The standard InChI is InChI=1S/C14H23FN4O2S/c1-3-16-14(18-10-11-19-22(2,20)21)17-9-8-12-6-4-5-7-13(12)15/h4-7,19H,3,8-11H2,1-2H3,(H2,16,17,18). The average Bonchev–Trinajstić information content (AvgIpc) is 2.44. The Labute approximate surface area is 131 Å². The highest BCUT2D eigenvalue weighted by atomic mass is 32.2. The normalized spacial score (nSPS) is 12.2. The first kappa shape index (κ1) is 18.4. The molecule has 124 valence electrons. The fraction of sp³-hybridized carbons (Fsp3) is 0.500. The van der Waals surface area contributed by atoms with Gasteiger partial charge in [0, 0.05) is 19.6 Å². The Bertz CT molecular complexity index is 590. The van der Waals surface area contributed by atoms with Gasteiger partial charge in [-0.05, 0) is 25.0 Å². The van der Waals surface area contributed by atoms with E-state index in [-0.39, 0.29) is 12.4 Å². The van der Waals surface area contributed by atoms with Gasteiger partial charge in [0.15, 0.2) is 5.96 Å². The number of hydrogen-bond acceptors (Lipinski definition) is 3. The van der Waals surface area contributed by atoms with E-state index in [1.165, 1.54) is 6.07 Å². The summed E-state index contributed by atoms with van der Waals surface area (Å²) in [5.41, 5.74) is 0.643. The Kier molecular flexibility index (Phi) is 7.83. The summed E-state index contributed by atoms with van der Waals surface area (Å²) in [6.07, 6.45) is 1.65. The molecule has 8 heteroatoms. The van der Waals surface area contributed by atoms with Crippen molar-refractivity contribution in [3.05, 3.63) is 35.6 Å². The molecule has 0 spiro atoms. The summed E-state index contributed by atoms with van der Waals surface area (Å²) >= 11 is 0. The topological polar surface area (TPSA) is 82.6 Å². The summed E-state index contributed by atoms with van der Waals surface area (Å²) in [7, 11) is -3.19. The number of nitrogens with zero attached hydrogens (tertiary/aromatic N) is 1. The molecule has 1 aromatic carbocycles. The zero-order valence-corrected chi connectivity index (χ0v) is 13.7. The molecule has 0 atom stereocenters. The van der Waals surface area contributed by atoms with Crippen LogP contribution in [0.3, 0.4) is 0 Å². The van der Waals surface area contributed by atoms with Gasteiger partial charge >= 0.3 is 0 Å². The Morgan fingerprint density at radius 3 is 2.59 bits per heavy atom. The molecule has 0 bridgehead atoms. The van der Waals surface area contributed by atoms with E-state index in [1.807, 2.05) is 6.92 Å². The van der Waals surface area contributed by atoms with Crippen molar-refractivity contribution in [2.24, 2.45) is 4.99 Å². The van der Waals surface area contributed by atoms with Crippen LogP contribution in [0.25, 0.3) is 0 Å². The predicted octanol–water partition coefficient (Wildman–Crippen LogP) is 0.473. The number of nitrogens with one attached hydrogen (secondary N) is 3. The quantitative estimate of drug-likeness (QED) is 0.368. The fourth-order valence-electron chi connectivity index (χ4n) is 1.76. The van der Waals surface area contributed by atoms with E-state index in [9.17, 15) is 12.8 Å². The van der Waals surface area contributed by atoms with Crippen LogP contribution in [0.2, 0.25) is 0 Å². The molecule has 0 unspecified atom stereocenters. The highest BCUT2D eigenvalue weighted by Crippen LogP contribution is 2.05. The second-order valence-electron chi connectivity index (χ2n) is 4.70. The monoisotopic (exact) mass is 330 g/mol. The summed E-state index contributed by atoms with van der Waals surface area (Å²) in [4.78, 5) is 4.24. The first-order chi connectivity index (χ1) is 10.4. The van der Waals surface area contributed by atoms with Gasteiger partial charge in [-0.3, -0.25) is 4.99 Å². The van der Waals surface area contributed by atoms with Crippen molar-refractivity contribution in [1.29, 1.82) is 0 Å². The number of sulfonamides is 1. The molecule has 3 N–H and O–H groups in total. The lowest BCUT2D eigenvalue weighted by Crippen LogP contribution is -2.39. The molecule has 0 aliphatic heterocycles. The molecule has 0 fully saturated rings. The molecule has 0 aromatic heterocycles. The van der Waals surface area contributed by atoms with Crippen LogP contribution in [-0.2, 0) is 16.4 Å². The van der Waals surface area contributed by atoms with E-state index in [0.717, 1.165) is 6.26 Å².